The maximum Gasteiger partial charge on any atom is 0.266 e. The van der Waals surface area contributed by atoms with Crippen LogP contribution in [0, 0.1) is 20.8 Å². The number of thiazole rings is 1. The standard InChI is InChI=1S/C13H17N5O2S/c1-7-11(21-9(3)14-7)13(19)18-4-5-20-10(6-18)12-15-8(2)16-17-12/h10H,4-6H2,1-3H3,(H,15,16,17)/t10-/m1/s1. The minimum absolute atomic E-state index is 0.0126. The van der Waals surface area contributed by atoms with E-state index in [0.717, 1.165) is 16.5 Å². The van der Waals surface area contributed by atoms with Gasteiger partial charge in [0, 0.05) is 6.54 Å². The number of hydrogen-bond acceptors (Lipinski definition) is 6. The van der Waals surface area contributed by atoms with Gasteiger partial charge in [0.15, 0.2) is 5.82 Å². The van der Waals surface area contributed by atoms with Gasteiger partial charge in [-0.3, -0.25) is 9.89 Å². The normalized spacial score (nSPS) is 19.0. The average molecular weight is 307 g/mol. The first kappa shape index (κ1) is 14.2. The van der Waals surface area contributed by atoms with E-state index in [1.807, 2.05) is 20.8 Å². The van der Waals surface area contributed by atoms with Crippen molar-refractivity contribution in [2.75, 3.05) is 19.7 Å². The van der Waals surface area contributed by atoms with Gasteiger partial charge in [0.2, 0.25) is 0 Å². The zero-order valence-electron chi connectivity index (χ0n) is 12.2. The number of nitrogens with one attached hydrogen (secondary N) is 1. The summed E-state index contributed by atoms with van der Waals surface area (Å²) < 4.78 is 5.68. The molecule has 3 heterocycles. The molecule has 1 atom stereocenters. The van der Waals surface area contributed by atoms with Gasteiger partial charge >= 0.3 is 0 Å². The van der Waals surface area contributed by atoms with Gasteiger partial charge in [-0.25, -0.2) is 9.97 Å². The molecule has 2 aromatic rings. The third-order valence-corrected chi connectivity index (χ3v) is 4.41. The summed E-state index contributed by atoms with van der Waals surface area (Å²) in [7, 11) is 0. The lowest BCUT2D eigenvalue weighted by Gasteiger charge is -2.31. The SMILES string of the molecule is Cc1nc([C@H]2CN(C(=O)c3sc(C)nc3C)CCO2)n[nH]1. The first-order chi connectivity index (χ1) is 10.0. The van der Waals surface area contributed by atoms with E-state index in [1.54, 1.807) is 4.90 Å². The average Bonchev–Trinajstić information content (AvgIpc) is 3.04. The fourth-order valence-corrected chi connectivity index (χ4v) is 3.26. The van der Waals surface area contributed by atoms with Crippen LogP contribution in [0.3, 0.4) is 0 Å². The maximum atomic E-state index is 12.6. The topological polar surface area (TPSA) is 84.0 Å². The molecule has 21 heavy (non-hydrogen) atoms. The van der Waals surface area contributed by atoms with Crippen LogP contribution >= 0.6 is 11.3 Å². The first-order valence-electron chi connectivity index (χ1n) is 6.78. The Morgan fingerprint density at radius 3 is 2.81 bits per heavy atom. The number of morpholine rings is 1. The molecule has 7 nitrogen and oxygen atoms in total. The van der Waals surface area contributed by atoms with Gasteiger partial charge in [0.25, 0.3) is 5.91 Å². The number of aryl methyl sites for hydroxylation is 3. The molecule has 2 aromatic heterocycles. The van der Waals surface area contributed by atoms with E-state index in [1.165, 1.54) is 11.3 Å². The molecule has 1 saturated heterocycles. The minimum atomic E-state index is -0.276. The number of aromatic nitrogens is 4. The van der Waals surface area contributed by atoms with Gasteiger partial charge in [0.1, 0.15) is 16.8 Å². The van der Waals surface area contributed by atoms with Gasteiger partial charge in [-0.15, -0.1) is 11.3 Å². The van der Waals surface area contributed by atoms with E-state index in [4.69, 9.17) is 4.74 Å². The summed E-state index contributed by atoms with van der Waals surface area (Å²) in [5.41, 5.74) is 0.791. The second kappa shape index (κ2) is 5.53. The highest BCUT2D eigenvalue weighted by Gasteiger charge is 2.30. The van der Waals surface area contributed by atoms with Crippen LogP contribution < -0.4 is 0 Å². The highest BCUT2D eigenvalue weighted by molar-refractivity contribution is 7.13. The van der Waals surface area contributed by atoms with Crippen molar-refractivity contribution >= 4 is 17.2 Å². The fourth-order valence-electron chi connectivity index (χ4n) is 2.37. The number of H-pyrrole nitrogens is 1. The number of hydrogen-bond donors (Lipinski definition) is 1. The Balaban J connectivity index is 1.77. The summed E-state index contributed by atoms with van der Waals surface area (Å²) in [6, 6.07) is 0. The predicted octanol–water partition coefficient (Wildman–Crippen LogP) is 1.40. The Morgan fingerprint density at radius 2 is 2.19 bits per heavy atom. The highest BCUT2D eigenvalue weighted by Crippen LogP contribution is 2.24. The second-order valence-electron chi connectivity index (χ2n) is 5.04. The molecule has 1 amide bonds. The van der Waals surface area contributed by atoms with Crippen LogP contribution in [-0.2, 0) is 4.74 Å². The quantitative estimate of drug-likeness (QED) is 0.906. The smallest absolute Gasteiger partial charge is 0.266 e. The van der Waals surface area contributed by atoms with E-state index in [0.29, 0.717) is 30.4 Å². The molecular formula is C13H17N5O2S. The van der Waals surface area contributed by atoms with Crippen LogP contribution in [-0.4, -0.2) is 50.7 Å². The number of aromatic amines is 1. The molecule has 112 valence electrons. The third-order valence-electron chi connectivity index (χ3n) is 3.35. The molecule has 1 aliphatic heterocycles. The van der Waals surface area contributed by atoms with E-state index in [2.05, 4.69) is 20.2 Å². The molecule has 0 spiro atoms. The molecule has 0 bridgehead atoms. The van der Waals surface area contributed by atoms with Crippen molar-refractivity contribution in [1.82, 2.24) is 25.1 Å². The summed E-state index contributed by atoms with van der Waals surface area (Å²) >= 11 is 1.44. The van der Waals surface area contributed by atoms with Crippen molar-refractivity contribution in [3.63, 3.8) is 0 Å². The molecule has 0 aliphatic carbocycles. The van der Waals surface area contributed by atoms with Crippen molar-refractivity contribution in [1.29, 1.82) is 0 Å². The summed E-state index contributed by atoms with van der Waals surface area (Å²) in [6.45, 7) is 7.15. The molecule has 0 unspecified atom stereocenters. The lowest BCUT2D eigenvalue weighted by Crippen LogP contribution is -2.42. The Hall–Kier alpha value is -1.80. The second-order valence-corrected chi connectivity index (χ2v) is 6.24. The highest BCUT2D eigenvalue weighted by atomic mass is 32.1. The largest absolute Gasteiger partial charge is 0.366 e. The summed E-state index contributed by atoms with van der Waals surface area (Å²) in [5.74, 6) is 1.35. The number of ether oxygens (including phenoxy) is 1. The molecule has 0 radical (unpaired) electrons. The molecule has 8 heteroatoms. The van der Waals surface area contributed by atoms with Gasteiger partial charge in [-0.1, -0.05) is 0 Å². The summed E-state index contributed by atoms with van der Waals surface area (Å²) in [6.07, 6.45) is -0.276. The predicted molar refractivity (Wildman–Crippen MR) is 77.3 cm³/mol. The molecule has 3 rings (SSSR count). The Kier molecular flexibility index (Phi) is 3.73. The van der Waals surface area contributed by atoms with E-state index in [9.17, 15) is 4.79 Å². The van der Waals surface area contributed by atoms with Crippen molar-refractivity contribution in [2.45, 2.75) is 26.9 Å². The van der Waals surface area contributed by atoms with Gasteiger partial charge < -0.3 is 9.64 Å². The molecule has 1 aliphatic rings. The van der Waals surface area contributed by atoms with Crippen LogP contribution in [0.5, 0.6) is 0 Å². The number of nitrogens with zero attached hydrogens (tertiary/aromatic N) is 4. The van der Waals surface area contributed by atoms with Crippen LogP contribution in [0.15, 0.2) is 0 Å². The van der Waals surface area contributed by atoms with Crippen molar-refractivity contribution in [3.8, 4) is 0 Å². The van der Waals surface area contributed by atoms with E-state index >= 15 is 0 Å². The molecular weight excluding hydrogens is 290 g/mol. The first-order valence-corrected chi connectivity index (χ1v) is 7.60. The number of rotatable bonds is 2. The van der Waals surface area contributed by atoms with Crippen LogP contribution in [0.4, 0.5) is 0 Å². The van der Waals surface area contributed by atoms with Crippen molar-refractivity contribution < 1.29 is 9.53 Å². The Labute approximate surface area is 126 Å². The van der Waals surface area contributed by atoms with Crippen molar-refractivity contribution in [3.05, 3.63) is 27.2 Å². The van der Waals surface area contributed by atoms with Gasteiger partial charge in [0.05, 0.1) is 23.9 Å². The van der Waals surface area contributed by atoms with Crippen LogP contribution in [0.2, 0.25) is 0 Å². The third kappa shape index (κ3) is 2.81. The number of amides is 1. The summed E-state index contributed by atoms with van der Waals surface area (Å²) in [5, 5.41) is 7.83. The molecule has 1 N–H and O–H groups in total. The van der Waals surface area contributed by atoms with E-state index < -0.39 is 0 Å². The lowest BCUT2D eigenvalue weighted by molar-refractivity contribution is -0.0265. The van der Waals surface area contributed by atoms with E-state index in [-0.39, 0.29) is 12.0 Å². The van der Waals surface area contributed by atoms with Crippen molar-refractivity contribution in [2.24, 2.45) is 0 Å². The maximum absolute atomic E-state index is 12.6. The Morgan fingerprint density at radius 1 is 1.38 bits per heavy atom. The van der Waals surface area contributed by atoms with Crippen LogP contribution in [0.25, 0.3) is 0 Å². The lowest BCUT2D eigenvalue weighted by atomic mass is 10.2. The fraction of sp³-hybridized carbons (Fsp3) is 0.538. The molecule has 0 aromatic carbocycles. The molecule has 1 fully saturated rings. The zero-order valence-corrected chi connectivity index (χ0v) is 13.0. The zero-order chi connectivity index (χ0) is 15.0. The monoisotopic (exact) mass is 307 g/mol. The van der Waals surface area contributed by atoms with Gasteiger partial charge in [-0.05, 0) is 20.8 Å². The summed E-state index contributed by atoms with van der Waals surface area (Å²) in [4.78, 5) is 23.7. The number of carbonyl (C=O) groups excluding carboxylic acids is 1. The number of carbonyl (C=O) groups is 1. The Bertz CT molecular complexity index is 665. The van der Waals surface area contributed by atoms with Gasteiger partial charge in [-0.2, -0.15) is 5.10 Å². The van der Waals surface area contributed by atoms with Crippen LogP contribution in [0.1, 0.15) is 38.1 Å². The minimum Gasteiger partial charge on any atom is -0.366 e. The molecule has 0 saturated carbocycles.